The molecule has 0 aromatic heterocycles. The van der Waals surface area contributed by atoms with Gasteiger partial charge in [-0.05, 0) is 48.4 Å². The van der Waals surface area contributed by atoms with E-state index in [0.717, 1.165) is 39.3 Å². The van der Waals surface area contributed by atoms with Crippen LogP contribution >= 0.6 is 15.9 Å². The van der Waals surface area contributed by atoms with Crippen LogP contribution in [0.5, 0.6) is 11.5 Å². The van der Waals surface area contributed by atoms with Crippen molar-refractivity contribution in [2.75, 3.05) is 24.4 Å². The van der Waals surface area contributed by atoms with Crippen molar-refractivity contribution in [1.29, 1.82) is 0 Å². The van der Waals surface area contributed by atoms with E-state index in [1.54, 1.807) is 7.11 Å². The molecule has 5 nitrogen and oxygen atoms in total. The van der Waals surface area contributed by atoms with Crippen molar-refractivity contribution < 1.29 is 14.3 Å². The van der Waals surface area contributed by atoms with E-state index in [1.807, 2.05) is 36.4 Å². The lowest BCUT2D eigenvalue weighted by molar-refractivity contribution is -0.114. The predicted molar refractivity (Wildman–Crippen MR) is 105 cm³/mol. The first-order valence-corrected chi connectivity index (χ1v) is 8.93. The summed E-state index contributed by atoms with van der Waals surface area (Å²) in [6, 6.07) is 11.5. The minimum Gasteiger partial charge on any atom is -0.493 e. The number of carbonyl (C=O) groups excluding carboxylic acids is 1. The van der Waals surface area contributed by atoms with Gasteiger partial charge in [-0.2, -0.15) is 0 Å². The van der Waals surface area contributed by atoms with Gasteiger partial charge in [-0.15, -0.1) is 0 Å². The molecule has 2 N–H and O–H groups in total. The second-order valence-electron chi connectivity index (χ2n) is 5.56. The Balaban J connectivity index is 2.05. The molecule has 2 aromatic carbocycles. The van der Waals surface area contributed by atoms with Gasteiger partial charge in [-0.3, -0.25) is 4.79 Å². The van der Waals surface area contributed by atoms with Gasteiger partial charge in [0.05, 0.1) is 13.7 Å². The van der Waals surface area contributed by atoms with Gasteiger partial charge in [0.25, 0.3) is 0 Å². The zero-order valence-corrected chi connectivity index (χ0v) is 16.3. The first-order valence-electron chi connectivity index (χ1n) is 8.14. The van der Waals surface area contributed by atoms with Gasteiger partial charge in [-0.1, -0.05) is 22.9 Å². The summed E-state index contributed by atoms with van der Waals surface area (Å²) in [5.41, 5.74) is 2.80. The molecule has 6 heteroatoms. The number of ether oxygens (including phenoxy) is 2. The summed E-state index contributed by atoms with van der Waals surface area (Å²) in [6.07, 6.45) is 0.943. The maximum absolute atomic E-state index is 11.0. The lowest BCUT2D eigenvalue weighted by atomic mass is 10.2. The molecule has 2 rings (SSSR count). The van der Waals surface area contributed by atoms with Crippen molar-refractivity contribution in [1.82, 2.24) is 0 Å². The molecule has 0 aliphatic carbocycles. The Morgan fingerprint density at radius 2 is 1.80 bits per heavy atom. The Hall–Kier alpha value is -2.21. The highest BCUT2D eigenvalue weighted by atomic mass is 79.9. The maximum atomic E-state index is 11.0. The second-order valence-corrected chi connectivity index (χ2v) is 6.41. The average Bonchev–Trinajstić information content (AvgIpc) is 2.59. The van der Waals surface area contributed by atoms with Crippen LogP contribution in [0.15, 0.2) is 40.9 Å². The van der Waals surface area contributed by atoms with Crippen LogP contribution in [0.1, 0.15) is 25.8 Å². The van der Waals surface area contributed by atoms with Gasteiger partial charge in [-0.25, -0.2) is 0 Å². The highest BCUT2D eigenvalue weighted by molar-refractivity contribution is 9.10. The number of benzene rings is 2. The van der Waals surface area contributed by atoms with E-state index in [2.05, 4.69) is 33.5 Å². The topological polar surface area (TPSA) is 59.6 Å². The van der Waals surface area contributed by atoms with Gasteiger partial charge in [0.2, 0.25) is 5.91 Å². The first kappa shape index (κ1) is 19.1. The van der Waals surface area contributed by atoms with Gasteiger partial charge in [0.15, 0.2) is 11.5 Å². The third-order valence-electron chi connectivity index (χ3n) is 3.48. The molecule has 0 bridgehead atoms. The summed E-state index contributed by atoms with van der Waals surface area (Å²) in [6.45, 7) is 4.84. The molecule has 0 atom stereocenters. The Bertz CT molecular complexity index is 717. The molecular weight excluding hydrogens is 384 g/mol. The molecule has 0 radical (unpaired) electrons. The molecule has 1 amide bonds. The van der Waals surface area contributed by atoms with Crippen LogP contribution < -0.4 is 20.1 Å². The van der Waals surface area contributed by atoms with Gasteiger partial charge in [0, 0.05) is 29.3 Å². The number of amides is 1. The number of hydrogen-bond donors (Lipinski definition) is 2. The molecule has 0 fully saturated rings. The lowest BCUT2D eigenvalue weighted by Crippen LogP contribution is -2.06. The van der Waals surface area contributed by atoms with Crippen molar-refractivity contribution in [2.24, 2.45) is 0 Å². The summed E-state index contributed by atoms with van der Waals surface area (Å²) in [5.74, 6) is 1.37. The minimum absolute atomic E-state index is 0.0814. The number of anilines is 2. The molecule has 0 saturated carbocycles. The zero-order chi connectivity index (χ0) is 18.2. The van der Waals surface area contributed by atoms with E-state index < -0.39 is 0 Å². The van der Waals surface area contributed by atoms with Crippen molar-refractivity contribution >= 4 is 33.2 Å². The monoisotopic (exact) mass is 406 g/mol. The van der Waals surface area contributed by atoms with E-state index >= 15 is 0 Å². The molecule has 0 aliphatic heterocycles. The minimum atomic E-state index is -0.0814. The highest BCUT2D eigenvalue weighted by Crippen LogP contribution is 2.34. The van der Waals surface area contributed by atoms with Gasteiger partial charge >= 0.3 is 0 Å². The smallest absolute Gasteiger partial charge is 0.221 e. The summed E-state index contributed by atoms with van der Waals surface area (Å²) in [4.78, 5) is 11.0. The largest absolute Gasteiger partial charge is 0.493 e. The normalized spacial score (nSPS) is 10.2. The van der Waals surface area contributed by atoms with Crippen molar-refractivity contribution in [3.63, 3.8) is 0 Å². The molecule has 25 heavy (non-hydrogen) atoms. The average molecular weight is 407 g/mol. The van der Waals surface area contributed by atoms with E-state index in [9.17, 15) is 4.79 Å². The number of methoxy groups -OCH3 is 1. The number of carbonyl (C=O) groups is 1. The predicted octanol–water partition coefficient (Wildman–Crippen LogP) is 4.82. The van der Waals surface area contributed by atoms with Crippen LogP contribution in [0.2, 0.25) is 0 Å². The molecule has 0 heterocycles. The van der Waals surface area contributed by atoms with Crippen LogP contribution in [0.25, 0.3) is 0 Å². The molecular formula is C19H23BrN2O3. The summed E-state index contributed by atoms with van der Waals surface area (Å²) in [5, 5.41) is 6.11. The highest BCUT2D eigenvalue weighted by Gasteiger charge is 2.10. The molecule has 0 saturated heterocycles. The third kappa shape index (κ3) is 5.67. The maximum Gasteiger partial charge on any atom is 0.221 e. The fourth-order valence-corrected chi connectivity index (χ4v) is 2.73. The van der Waals surface area contributed by atoms with Crippen molar-refractivity contribution in [3.8, 4) is 11.5 Å². The summed E-state index contributed by atoms with van der Waals surface area (Å²) < 4.78 is 12.1. The molecule has 0 aliphatic rings. The van der Waals surface area contributed by atoms with Gasteiger partial charge in [0.1, 0.15) is 0 Å². The zero-order valence-electron chi connectivity index (χ0n) is 14.7. The first-order chi connectivity index (χ1) is 12.0. The van der Waals surface area contributed by atoms with Crippen molar-refractivity contribution in [3.05, 3.63) is 46.4 Å². The Labute approximate surface area is 156 Å². The standard InChI is InChI=1S/C19H23BrN2O3/c1-4-9-25-19-11-17(20)14(10-18(19)24-3)12-21-15-5-7-16(8-6-15)22-13(2)23/h5-8,10-11,21H,4,9,12H2,1-3H3,(H,22,23). The number of halogens is 1. The van der Waals surface area contributed by atoms with Crippen LogP contribution in [0.3, 0.4) is 0 Å². The van der Waals surface area contributed by atoms with E-state index in [-0.39, 0.29) is 5.91 Å². The van der Waals surface area contributed by atoms with E-state index in [4.69, 9.17) is 9.47 Å². The van der Waals surface area contributed by atoms with Crippen LogP contribution in [-0.2, 0) is 11.3 Å². The Morgan fingerprint density at radius 1 is 1.12 bits per heavy atom. The second kappa shape index (κ2) is 9.32. The SMILES string of the molecule is CCCOc1cc(Br)c(CNc2ccc(NC(C)=O)cc2)cc1OC. The molecule has 0 spiro atoms. The van der Waals surface area contributed by atoms with Crippen LogP contribution in [0, 0.1) is 0 Å². The Morgan fingerprint density at radius 3 is 2.40 bits per heavy atom. The molecule has 134 valence electrons. The van der Waals surface area contributed by atoms with Crippen LogP contribution in [0.4, 0.5) is 11.4 Å². The molecule has 0 unspecified atom stereocenters. The number of hydrogen-bond acceptors (Lipinski definition) is 4. The fourth-order valence-electron chi connectivity index (χ4n) is 2.27. The molecule has 2 aromatic rings. The van der Waals surface area contributed by atoms with Crippen molar-refractivity contribution in [2.45, 2.75) is 26.8 Å². The lowest BCUT2D eigenvalue weighted by Gasteiger charge is -2.14. The van der Waals surface area contributed by atoms with E-state index in [1.165, 1.54) is 6.92 Å². The Kier molecular flexibility index (Phi) is 7.13. The number of nitrogens with one attached hydrogen (secondary N) is 2. The van der Waals surface area contributed by atoms with Gasteiger partial charge < -0.3 is 20.1 Å². The third-order valence-corrected chi connectivity index (χ3v) is 4.22. The fraction of sp³-hybridized carbons (Fsp3) is 0.316. The summed E-state index contributed by atoms with van der Waals surface area (Å²) in [7, 11) is 1.64. The van der Waals surface area contributed by atoms with E-state index in [0.29, 0.717) is 13.2 Å². The number of rotatable bonds is 8. The summed E-state index contributed by atoms with van der Waals surface area (Å²) >= 11 is 3.59. The van der Waals surface area contributed by atoms with Crippen LogP contribution in [-0.4, -0.2) is 19.6 Å². The quantitative estimate of drug-likeness (QED) is 0.659.